The van der Waals surface area contributed by atoms with Gasteiger partial charge in [-0.1, -0.05) is 13.0 Å². The van der Waals surface area contributed by atoms with E-state index in [1.54, 1.807) is 27.4 Å². The smallest absolute Gasteiger partial charge is 0.165 e. The van der Waals surface area contributed by atoms with Crippen molar-refractivity contribution < 1.29 is 28.9 Å². The van der Waals surface area contributed by atoms with Gasteiger partial charge < -0.3 is 19.3 Å². The molecule has 1 spiro atoms. The summed E-state index contributed by atoms with van der Waals surface area (Å²) in [6.07, 6.45) is 4.16. The van der Waals surface area contributed by atoms with Crippen LogP contribution in [-0.2, 0) is 23.8 Å². The van der Waals surface area contributed by atoms with E-state index in [9.17, 15) is 14.7 Å². The molecule has 1 unspecified atom stereocenters. The van der Waals surface area contributed by atoms with Gasteiger partial charge in [-0.15, -0.1) is 0 Å². The second kappa shape index (κ2) is 6.26. The van der Waals surface area contributed by atoms with E-state index in [0.29, 0.717) is 19.6 Å². The highest BCUT2D eigenvalue weighted by atomic mass is 16.5. The van der Waals surface area contributed by atoms with Gasteiger partial charge in [-0.3, -0.25) is 14.5 Å². The second-order valence-corrected chi connectivity index (χ2v) is 10.8. The van der Waals surface area contributed by atoms with E-state index in [1.165, 1.54) is 0 Å². The van der Waals surface area contributed by atoms with Gasteiger partial charge in [-0.05, 0) is 25.0 Å². The minimum Gasteiger partial charge on any atom is -0.389 e. The Morgan fingerprint density at radius 1 is 1.19 bits per heavy atom. The Labute approximate surface area is 183 Å². The van der Waals surface area contributed by atoms with Crippen molar-refractivity contribution in [1.82, 2.24) is 4.90 Å². The Morgan fingerprint density at radius 2 is 1.97 bits per heavy atom. The van der Waals surface area contributed by atoms with Gasteiger partial charge >= 0.3 is 0 Å². The zero-order valence-corrected chi connectivity index (χ0v) is 18.7. The maximum Gasteiger partial charge on any atom is 0.165 e. The van der Waals surface area contributed by atoms with Gasteiger partial charge in [-0.25, -0.2) is 0 Å². The lowest BCUT2D eigenvalue weighted by Gasteiger charge is -2.71. The van der Waals surface area contributed by atoms with Crippen molar-refractivity contribution in [3.63, 3.8) is 0 Å². The number of ketones is 2. The fraction of sp³-hybridized carbons (Fsp3) is 0.833. The van der Waals surface area contributed by atoms with Crippen LogP contribution in [0.3, 0.4) is 0 Å². The van der Waals surface area contributed by atoms with Crippen molar-refractivity contribution in [3.05, 3.63) is 12.2 Å². The number of hydrogen-bond acceptors (Lipinski definition) is 7. The highest BCUT2D eigenvalue weighted by molar-refractivity contribution is 5.98. The van der Waals surface area contributed by atoms with Crippen molar-refractivity contribution >= 4 is 11.6 Å². The molecule has 0 aromatic heterocycles. The number of rotatable bonds is 5. The summed E-state index contributed by atoms with van der Waals surface area (Å²) < 4.78 is 17.4. The summed E-state index contributed by atoms with van der Waals surface area (Å²) in [5.74, 6) is -0.0911. The first kappa shape index (κ1) is 20.5. The topological polar surface area (TPSA) is 85.3 Å². The zero-order valence-electron chi connectivity index (χ0n) is 18.7. The Kier molecular flexibility index (Phi) is 4.14. The van der Waals surface area contributed by atoms with E-state index in [0.717, 1.165) is 13.0 Å². The van der Waals surface area contributed by atoms with E-state index in [4.69, 9.17) is 14.2 Å². The first-order chi connectivity index (χ1) is 14.9. The number of fused-ring (bicyclic) bond motifs is 1. The molecule has 1 saturated heterocycles. The van der Waals surface area contributed by atoms with Crippen molar-refractivity contribution in [2.45, 2.75) is 43.6 Å². The van der Waals surface area contributed by atoms with E-state index in [2.05, 4.69) is 17.9 Å². The summed E-state index contributed by atoms with van der Waals surface area (Å²) in [5, 5.41) is 12.4. The number of carbonyl (C=O) groups is 2. The summed E-state index contributed by atoms with van der Waals surface area (Å²) >= 11 is 0. The molecule has 5 aliphatic carbocycles. The Bertz CT molecular complexity index is 874. The molecular formula is C24H33NO6. The van der Waals surface area contributed by atoms with Crippen LogP contribution in [0.2, 0.25) is 0 Å². The molecule has 1 N–H and O–H groups in total. The minimum absolute atomic E-state index is 0.0584. The van der Waals surface area contributed by atoms with Gasteiger partial charge in [-0.2, -0.15) is 0 Å². The van der Waals surface area contributed by atoms with Crippen LogP contribution in [0.15, 0.2) is 12.2 Å². The number of piperidine rings is 1. The SMILES string of the molecule is CCN1C[C@]2(COC)C(=O)C=C[C@]34C1[C@H]([C@H](OC)[C@H]23)[C@@]1(O)C[C@H](OC)C(=O)[C@H]2C[C@@H]4[C@H]21. The van der Waals surface area contributed by atoms with Crippen LogP contribution in [-0.4, -0.2) is 86.4 Å². The number of aliphatic hydroxyl groups is 1. The molecule has 7 nitrogen and oxygen atoms in total. The molecular weight excluding hydrogens is 398 g/mol. The van der Waals surface area contributed by atoms with Crippen LogP contribution in [0.4, 0.5) is 0 Å². The van der Waals surface area contributed by atoms with Crippen molar-refractivity contribution in [2.24, 2.45) is 40.4 Å². The number of nitrogens with zero attached hydrogens (tertiary/aromatic N) is 1. The predicted molar refractivity (Wildman–Crippen MR) is 110 cm³/mol. The van der Waals surface area contributed by atoms with Crippen LogP contribution >= 0.6 is 0 Å². The molecule has 0 radical (unpaired) electrons. The van der Waals surface area contributed by atoms with E-state index >= 15 is 0 Å². The Balaban J connectivity index is 1.60. The van der Waals surface area contributed by atoms with Crippen LogP contribution in [0, 0.1) is 40.4 Å². The van der Waals surface area contributed by atoms with Crippen LogP contribution in [0.25, 0.3) is 0 Å². The van der Waals surface area contributed by atoms with E-state index in [1.807, 2.05) is 0 Å². The van der Waals surface area contributed by atoms with Crippen molar-refractivity contribution in [1.29, 1.82) is 0 Å². The zero-order chi connectivity index (χ0) is 21.9. The van der Waals surface area contributed by atoms with E-state index in [-0.39, 0.29) is 58.7 Å². The molecule has 11 atom stereocenters. The first-order valence-electron chi connectivity index (χ1n) is 11.6. The predicted octanol–water partition coefficient (Wildman–Crippen LogP) is 0.694. The molecule has 170 valence electrons. The van der Waals surface area contributed by atoms with Crippen molar-refractivity contribution in [3.8, 4) is 0 Å². The highest BCUT2D eigenvalue weighted by Gasteiger charge is 2.85. The number of ether oxygens (including phenoxy) is 3. The molecule has 6 rings (SSSR count). The van der Waals surface area contributed by atoms with Crippen LogP contribution in [0.5, 0.6) is 0 Å². The van der Waals surface area contributed by atoms with Gasteiger partial charge in [0.25, 0.3) is 0 Å². The summed E-state index contributed by atoms with van der Waals surface area (Å²) in [7, 11) is 4.93. The number of carbonyl (C=O) groups excluding carboxylic acids is 2. The monoisotopic (exact) mass is 431 g/mol. The summed E-state index contributed by atoms with van der Waals surface area (Å²) in [5.41, 5.74) is -2.01. The molecule has 1 heterocycles. The second-order valence-electron chi connectivity index (χ2n) is 10.8. The minimum atomic E-state index is -1.04. The molecule has 4 saturated carbocycles. The quantitative estimate of drug-likeness (QED) is 0.686. The molecule has 1 aliphatic heterocycles. The summed E-state index contributed by atoms with van der Waals surface area (Å²) in [6.45, 7) is 3.89. The third-order valence-electron chi connectivity index (χ3n) is 10.3. The summed E-state index contributed by atoms with van der Waals surface area (Å²) in [4.78, 5) is 29.0. The van der Waals surface area contributed by atoms with Gasteiger partial charge in [0.1, 0.15) is 6.10 Å². The lowest BCUT2D eigenvalue weighted by Crippen LogP contribution is -2.78. The third-order valence-corrected chi connectivity index (χ3v) is 10.3. The standard InChI is InChI=1S/C24H33NO6/c1-5-25-10-22(11-29-2)15(26)6-7-23-13-8-12-16(13)24(28,9-14(30-3)18(12)27)17(21(23)25)19(31-4)20(22)23/h6-7,12-14,16-17,19-21,28H,5,8-11H2,1-4H3/t12-,13+,14-,16-,17-,19-,20+,21?,22-,23+,24+/m0/s1. The lowest BCUT2D eigenvalue weighted by atomic mass is 9.36. The number of hydrogen-bond donors (Lipinski definition) is 1. The van der Waals surface area contributed by atoms with Gasteiger partial charge in [0.05, 0.1) is 23.7 Å². The molecule has 31 heavy (non-hydrogen) atoms. The average molecular weight is 432 g/mol. The fourth-order valence-corrected chi connectivity index (χ4v) is 9.55. The first-order valence-corrected chi connectivity index (χ1v) is 11.6. The van der Waals surface area contributed by atoms with Gasteiger partial charge in [0.15, 0.2) is 11.6 Å². The number of allylic oxidation sites excluding steroid dienone is 1. The van der Waals surface area contributed by atoms with Gasteiger partial charge in [0.2, 0.25) is 0 Å². The molecule has 5 bridgehead atoms. The van der Waals surface area contributed by atoms with Crippen LogP contribution in [0.1, 0.15) is 19.8 Å². The Morgan fingerprint density at radius 3 is 2.61 bits per heavy atom. The largest absolute Gasteiger partial charge is 0.389 e. The summed E-state index contributed by atoms with van der Waals surface area (Å²) in [6, 6.07) is 0.0830. The number of methoxy groups -OCH3 is 3. The van der Waals surface area contributed by atoms with Gasteiger partial charge in [0, 0.05) is 69.4 Å². The maximum atomic E-state index is 13.5. The highest BCUT2D eigenvalue weighted by Crippen LogP contribution is 2.78. The molecule has 7 heteroatoms. The fourth-order valence-electron chi connectivity index (χ4n) is 9.55. The molecule has 6 aliphatic rings. The normalized spacial score (nSPS) is 56.4. The number of Topliss-reactive ketones (excluding diaryl/α,β-unsaturated/α-hetero) is 1. The maximum absolute atomic E-state index is 13.5. The third kappa shape index (κ3) is 1.97. The number of likely N-dealkylation sites (tertiary alicyclic amines) is 1. The van der Waals surface area contributed by atoms with Crippen molar-refractivity contribution in [2.75, 3.05) is 41.0 Å². The Hall–Kier alpha value is -1.12. The molecule has 0 aromatic rings. The van der Waals surface area contributed by atoms with Crippen LogP contribution < -0.4 is 0 Å². The molecule has 0 aromatic carbocycles. The average Bonchev–Trinajstić information content (AvgIpc) is 2.91. The molecule has 5 fully saturated rings. The lowest BCUT2D eigenvalue weighted by molar-refractivity contribution is -0.267. The van der Waals surface area contributed by atoms with E-state index < -0.39 is 17.1 Å². The molecule has 0 amide bonds.